The number of piperidine rings is 1. The normalized spacial score (nSPS) is 32.9. The van der Waals surface area contributed by atoms with Gasteiger partial charge in [0.15, 0.2) is 0 Å². The Hall–Kier alpha value is -0.820. The van der Waals surface area contributed by atoms with Crippen LogP contribution in [0.3, 0.4) is 0 Å². The number of rotatable bonds is 1. The molecule has 1 aromatic carbocycles. The van der Waals surface area contributed by atoms with E-state index in [-0.39, 0.29) is 0 Å². The molecule has 3 rings (SSSR count). The highest BCUT2D eigenvalue weighted by Crippen LogP contribution is 2.44. The molecule has 1 fully saturated rings. The lowest BCUT2D eigenvalue weighted by Gasteiger charge is -2.49. The lowest BCUT2D eigenvalue weighted by atomic mass is 9.61. The summed E-state index contributed by atoms with van der Waals surface area (Å²) in [6, 6.07) is 9.84. The minimum atomic E-state index is 0.438. The third-order valence-corrected chi connectivity index (χ3v) is 4.74. The largest absolute Gasteiger partial charge is 0.313 e. The van der Waals surface area contributed by atoms with E-state index in [4.69, 9.17) is 0 Å². The third kappa shape index (κ3) is 1.34. The lowest BCUT2D eigenvalue weighted by molar-refractivity contribution is 0.194. The van der Waals surface area contributed by atoms with Crippen LogP contribution in [0, 0.1) is 0 Å². The molecule has 0 saturated carbocycles. The minimum absolute atomic E-state index is 0.438. The van der Waals surface area contributed by atoms with Crippen molar-refractivity contribution in [1.82, 2.24) is 5.32 Å². The van der Waals surface area contributed by atoms with Crippen LogP contribution < -0.4 is 5.32 Å². The number of fused-ring (bicyclic) bond motifs is 3. The van der Waals surface area contributed by atoms with Crippen molar-refractivity contribution >= 4 is 0 Å². The first-order valence-electron chi connectivity index (χ1n) is 6.68. The van der Waals surface area contributed by atoms with E-state index in [2.05, 4.69) is 36.5 Å². The summed E-state index contributed by atoms with van der Waals surface area (Å²) in [5, 5.41) is 3.75. The van der Waals surface area contributed by atoms with E-state index >= 15 is 0 Å². The monoisotopic (exact) mass is 215 g/mol. The van der Waals surface area contributed by atoms with E-state index < -0.39 is 0 Å². The molecule has 1 heterocycles. The van der Waals surface area contributed by atoms with Crippen LogP contribution in [0.2, 0.25) is 0 Å². The maximum absolute atomic E-state index is 3.75. The molecule has 1 saturated heterocycles. The van der Waals surface area contributed by atoms with Crippen LogP contribution in [0.25, 0.3) is 0 Å². The van der Waals surface area contributed by atoms with E-state index in [1.807, 2.05) is 0 Å². The molecule has 1 aromatic rings. The van der Waals surface area contributed by atoms with Crippen LogP contribution in [-0.2, 0) is 11.8 Å². The molecular weight excluding hydrogens is 194 g/mol. The Morgan fingerprint density at radius 3 is 3.12 bits per heavy atom. The van der Waals surface area contributed by atoms with Crippen molar-refractivity contribution in [1.29, 1.82) is 0 Å². The van der Waals surface area contributed by atoms with E-state index in [1.54, 1.807) is 11.1 Å². The van der Waals surface area contributed by atoms with Crippen LogP contribution in [0.1, 0.15) is 43.7 Å². The van der Waals surface area contributed by atoms with Crippen molar-refractivity contribution < 1.29 is 0 Å². The summed E-state index contributed by atoms with van der Waals surface area (Å²) >= 11 is 0. The summed E-state index contributed by atoms with van der Waals surface area (Å²) in [6.07, 6.45) is 6.57. The Labute approximate surface area is 98.3 Å². The van der Waals surface area contributed by atoms with Gasteiger partial charge in [-0.1, -0.05) is 31.2 Å². The Bertz CT molecular complexity index is 385. The van der Waals surface area contributed by atoms with Gasteiger partial charge in [-0.15, -0.1) is 0 Å². The molecule has 0 amide bonds. The predicted molar refractivity (Wildman–Crippen MR) is 67.8 cm³/mol. The molecule has 1 aliphatic carbocycles. The van der Waals surface area contributed by atoms with Gasteiger partial charge in [-0.3, -0.25) is 0 Å². The topological polar surface area (TPSA) is 12.0 Å². The van der Waals surface area contributed by atoms with Crippen LogP contribution in [0.15, 0.2) is 24.3 Å². The van der Waals surface area contributed by atoms with Gasteiger partial charge in [0.05, 0.1) is 0 Å². The number of hydrogen-bond acceptors (Lipinski definition) is 1. The van der Waals surface area contributed by atoms with E-state index in [9.17, 15) is 0 Å². The second kappa shape index (κ2) is 3.89. The molecular formula is C15H21N. The summed E-state index contributed by atoms with van der Waals surface area (Å²) in [4.78, 5) is 0. The Kier molecular flexibility index (Phi) is 2.51. The van der Waals surface area contributed by atoms with Crippen molar-refractivity contribution in [2.24, 2.45) is 0 Å². The van der Waals surface area contributed by atoms with Gasteiger partial charge in [0.1, 0.15) is 0 Å². The Balaban J connectivity index is 2.11. The number of hydrogen-bond donors (Lipinski definition) is 1. The van der Waals surface area contributed by atoms with Gasteiger partial charge in [0.2, 0.25) is 0 Å². The van der Waals surface area contributed by atoms with Crippen LogP contribution >= 0.6 is 0 Å². The van der Waals surface area contributed by atoms with Crippen molar-refractivity contribution in [2.45, 2.75) is 50.5 Å². The van der Waals surface area contributed by atoms with Gasteiger partial charge in [0, 0.05) is 11.5 Å². The average Bonchev–Trinajstić information content (AvgIpc) is 2.38. The minimum Gasteiger partial charge on any atom is -0.313 e. The molecule has 1 nitrogen and oxygen atoms in total. The number of aryl methyl sites for hydroxylation is 1. The van der Waals surface area contributed by atoms with Crippen LogP contribution in [0.5, 0.6) is 0 Å². The zero-order chi connectivity index (χ0) is 11.0. The first-order chi connectivity index (χ1) is 7.87. The highest BCUT2D eigenvalue weighted by atomic mass is 15.0. The average molecular weight is 215 g/mol. The fourth-order valence-electron chi connectivity index (χ4n) is 3.89. The van der Waals surface area contributed by atoms with Gasteiger partial charge < -0.3 is 5.32 Å². The fourth-order valence-corrected chi connectivity index (χ4v) is 3.89. The second-order valence-electron chi connectivity index (χ2n) is 5.32. The summed E-state index contributed by atoms with van der Waals surface area (Å²) in [7, 11) is 0. The maximum atomic E-state index is 3.75. The summed E-state index contributed by atoms with van der Waals surface area (Å²) < 4.78 is 0. The van der Waals surface area contributed by atoms with E-state index in [1.165, 1.54) is 38.6 Å². The molecule has 2 atom stereocenters. The number of nitrogens with one attached hydrogen (secondary N) is 1. The molecule has 0 spiro atoms. The smallest absolute Gasteiger partial charge is 0.0167 e. The molecule has 0 bridgehead atoms. The van der Waals surface area contributed by atoms with Gasteiger partial charge in [-0.05, 0) is 49.8 Å². The molecule has 16 heavy (non-hydrogen) atoms. The summed E-state index contributed by atoms with van der Waals surface area (Å²) in [5.41, 5.74) is 3.68. The molecule has 0 radical (unpaired) electrons. The molecule has 2 aliphatic rings. The van der Waals surface area contributed by atoms with Crippen LogP contribution in [-0.4, -0.2) is 12.6 Å². The van der Waals surface area contributed by atoms with Gasteiger partial charge in [0.25, 0.3) is 0 Å². The van der Waals surface area contributed by atoms with Gasteiger partial charge in [-0.25, -0.2) is 0 Å². The maximum Gasteiger partial charge on any atom is 0.0167 e. The summed E-state index contributed by atoms with van der Waals surface area (Å²) in [6.45, 7) is 3.58. The fraction of sp³-hybridized carbons (Fsp3) is 0.600. The van der Waals surface area contributed by atoms with Crippen molar-refractivity contribution in [3.63, 3.8) is 0 Å². The Morgan fingerprint density at radius 2 is 2.25 bits per heavy atom. The van der Waals surface area contributed by atoms with Crippen molar-refractivity contribution in [3.8, 4) is 0 Å². The summed E-state index contributed by atoms with van der Waals surface area (Å²) in [5.74, 6) is 0. The van der Waals surface area contributed by atoms with E-state index in [0.717, 1.165) is 6.04 Å². The Morgan fingerprint density at radius 1 is 1.38 bits per heavy atom. The molecule has 1 aliphatic heterocycles. The first-order valence-corrected chi connectivity index (χ1v) is 6.68. The molecule has 86 valence electrons. The molecule has 0 aromatic heterocycles. The SMILES string of the molecule is CC[C@]12CCCN[C@@H]1CCc1ccccc12. The zero-order valence-corrected chi connectivity index (χ0v) is 10.1. The van der Waals surface area contributed by atoms with Crippen LogP contribution in [0.4, 0.5) is 0 Å². The lowest BCUT2D eigenvalue weighted by Crippen LogP contribution is -2.54. The highest BCUT2D eigenvalue weighted by molar-refractivity contribution is 5.39. The highest BCUT2D eigenvalue weighted by Gasteiger charge is 2.43. The standard InChI is InChI=1S/C15H21N/c1-2-15-10-5-11-16-14(15)9-8-12-6-3-4-7-13(12)15/h3-4,6-7,14,16H,2,5,8-11H2,1H3/t14-,15-/m1/s1. The van der Waals surface area contributed by atoms with Gasteiger partial charge >= 0.3 is 0 Å². The zero-order valence-electron chi connectivity index (χ0n) is 10.1. The predicted octanol–water partition coefficient (Wildman–Crippen LogP) is 3.03. The van der Waals surface area contributed by atoms with Crippen molar-refractivity contribution in [2.75, 3.05) is 6.54 Å². The van der Waals surface area contributed by atoms with E-state index in [0.29, 0.717) is 5.41 Å². The molecule has 0 unspecified atom stereocenters. The first kappa shape index (κ1) is 10.3. The van der Waals surface area contributed by atoms with Crippen molar-refractivity contribution in [3.05, 3.63) is 35.4 Å². The van der Waals surface area contributed by atoms with Gasteiger partial charge in [-0.2, -0.15) is 0 Å². The molecule has 1 N–H and O–H groups in total. The number of benzene rings is 1. The third-order valence-electron chi connectivity index (χ3n) is 4.74. The second-order valence-corrected chi connectivity index (χ2v) is 5.32. The molecule has 1 heteroatoms. The quantitative estimate of drug-likeness (QED) is 0.759.